The van der Waals surface area contributed by atoms with Gasteiger partial charge in [-0.15, -0.1) is 0 Å². The third-order valence-corrected chi connectivity index (χ3v) is 8.63. The number of nitrogens with zero attached hydrogens (tertiary/aromatic N) is 2. The van der Waals surface area contributed by atoms with E-state index in [0.717, 1.165) is 39.9 Å². The number of benzene rings is 3. The van der Waals surface area contributed by atoms with Gasteiger partial charge in [-0.1, -0.05) is 36.8 Å². The van der Waals surface area contributed by atoms with E-state index in [0.29, 0.717) is 40.8 Å². The highest BCUT2D eigenvalue weighted by atomic mass is 32.1. The van der Waals surface area contributed by atoms with Crippen molar-refractivity contribution < 1.29 is 28.9 Å². The van der Waals surface area contributed by atoms with Gasteiger partial charge >= 0.3 is 5.91 Å². The zero-order valence-corrected chi connectivity index (χ0v) is 24.8. The van der Waals surface area contributed by atoms with Crippen molar-refractivity contribution in [3.63, 3.8) is 0 Å². The number of aliphatic hydroxyl groups excluding tert-OH is 1. The van der Waals surface area contributed by atoms with Crippen molar-refractivity contribution in [3.8, 4) is 17.2 Å². The van der Waals surface area contributed by atoms with Gasteiger partial charge in [0.1, 0.15) is 17.6 Å². The van der Waals surface area contributed by atoms with E-state index in [1.54, 1.807) is 37.4 Å². The van der Waals surface area contributed by atoms with Crippen LogP contribution in [0.5, 0.6) is 17.2 Å². The van der Waals surface area contributed by atoms with Crippen LogP contribution in [0, 0.1) is 6.92 Å². The summed E-state index contributed by atoms with van der Waals surface area (Å²) >= 11 is 1.33. The highest BCUT2D eigenvalue weighted by molar-refractivity contribution is 7.22. The van der Waals surface area contributed by atoms with Gasteiger partial charge in [0.05, 0.1) is 35.5 Å². The minimum Gasteiger partial charge on any atom is -0.507 e. The lowest BCUT2D eigenvalue weighted by molar-refractivity contribution is -0.132. The number of amides is 1. The van der Waals surface area contributed by atoms with Crippen LogP contribution in [0.2, 0.25) is 0 Å². The molecule has 216 valence electrons. The molecule has 1 saturated heterocycles. The van der Waals surface area contributed by atoms with E-state index in [4.69, 9.17) is 19.2 Å². The third-order valence-electron chi connectivity index (χ3n) is 7.61. The molecule has 1 aromatic heterocycles. The lowest BCUT2D eigenvalue weighted by Gasteiger charge is -2.24. The summed E-state index contributed by atoms with van der Waals surface area (Å²) in [6, 6.07) is 15.6. The molecule has 1 N–H and O–H groups in total. The number of carbonyl (C=O) groups is 2. The monoisotopic (exact) mass is 584 g/mol. The number of aliphatic hydroxyl groups is 1. The topological polar surface area (TPSA) is 98.2 Å². The minimum absolute atomic E-state index is 0.0101. The summed E-state index contributed by atoms with van der Waals surface area (Å²) in [7, 11) is 1.55. The molecule has 0 spiro atoms. The first-order valence-corrected chi connectivity index (χ1v) is 14.9. The average molecular weight is 585 g/mol. The van der Waals surface area contributed by atoms with Crippen LogP contribution in [-0.4, -0.2) is 41.6 Å². The zero-order valence-electron chi connectivity index (χ0n) is 24.0. The fourth-order valence-corrected chi connectivity index (χ4v) is 6.58. The smallest absolute Gasteiger partial charge is 0.301 e. The van der Waals surface area contributed by atoms with Crippen LogP contribution in [0.4, 0.5) is 5.13 Å². The minimum atomic E-state index is -0.936. The Morgan fingerprint density at radius 3 is 2.74 bits per heavy atom. The predicted molar refractivity (Wildman–Crippen MR) is 163 cm³/mol. The second-order valence-corrected chi connectivity index (χ2v) is 11.7. The second kappa shape index (κ2) is 11.1. The van der Waals surface area contributed by atoms with Crippen molar-refractivity contribution in [1.82, 2.24) is 4.98 Å². The lowest BCUT2D eigenvalue weighted by atomic mass is 9.94. The molecule has 0 aliphatic carbocycles. The molecule has 8 nitrogen and oxygen atoms in total. The SMILES string of the molecule is CCCCOc1ccc(C2/C(=C(\O)c3ccc4c(c3)CC(C)O4)C(=O)C(=O)N2c2nc3ccc(C)cc3s2)cc1OC. The number of aryl methyl sites for hydroxylation is 1. The highest BCUT2D eigenvalue weighted by Gasteiger charge is 2.48. The number of methoxy groups -OCH3 is 1. The molecule has 3 aromatic carbocycles. The maximum absolute atomic E-state index is 13.7. The molecule has 3 heterocycles. The molecule has 0 bridgehead atoms. The summed E-state index contributed by atoms with van der Waals surface area (Å²) in [6.07, 6.45) is 2.60. The Morgan fingerprint density at radius 2 is 1.95 bits per heavy atom. The molecular weight excluding hydrogens is 552 g/mol. The fourth-order valence-electron chi connectivity index (χ4n) is 5.49. The number of Topliss-reactive ketones (excluding diaryl/α,β-unsaturated/α-hetero) is 1. The number of thiazole rings is 1. The molecule has 1 fully saturated rings. The van der Waals surface area contributed by atoms with E-state index in [1.165, 1.54) is 16.2 Å². The average Bonchev–Trinajstić information content (AvgIpc) is 3.64. The lowest BCUT2D eigenvalue weighted by Crippen LogP contribution is -2.29. The Bertz CT molecular complexity index is 1740. The van der Waals surface area contributed by atoms with Crippen LogP contribution in [0.25, 0.3) is 16.0 Å². The van der Waals surface area contributed by atoms with Gasteiger partial charge in [-0.2, -0.15) is 0 Å². The predicted octanol–water partition coefficient (Wildman–Crippen LogP) is 6.74. The number of rotatable bonds is 8. The van der Waals surface area contributed by atoms with E-state index in [-0.39, 0.29) is 17.4 Å². The van der Waals surface area contributed by atoms with Crippen molar-refractivity contribution in [2.24, 2.45) is 0 Å². The number of hydrogen-bond acceptors (Lipinski definition) is 8. The number of unbranched alkanes of at least 4 members (excludes halogenated alkanes) is 1. The number of anilines is 1. The summed E-state index contributed by atoms with van der Waals surface area (Å²) in [5.74, 6) is 0.0113. The Labute approximate surface area is 248 Å². The third kappa shape index (κ3) is 4.87. The first-order valence-electron chi connectivity index (χ1n) is 14.1. The quantitative estimate of drug-likeness (QED) is 0.106. The molecule has 6 rings (SSSR count). The number of aromatic nitrogens is 1. The Morgan fingerprint density at radius 1 is 1.12 bits per heavy atom. The van der Waals surface area contributed by atoms with Gasteiger partial charge in [-0.25, -0.2) is 4.98 Å². The van der Waals surface area contributed by atoms with Gasteiger partial charge in [0.2, 0.25) is 0 Å². The van der Waals surface area contributed by atoms with Crippen LogP contribution in [-0.2, 0) is 16.0 Å². The van der Waals surface area contributed by atoms with Crippen molar-refractivity contribution in [2.45, 2.75) is 52.2 Å². The standard InChI is InChI=1S/C33H32N2O6S/c1-5-6-13-40-25-12-8-20(17-26(25)39-4)29-28(30(36)21-9-11-24-22(16-21)15-19(3)41-24)31(37)32(38)35(29)33-34-23-10-7-18(2)14-27(23)42-33/h7-12,14,16-17,19,29,36H,5-6,13,15H2,1-4H3/b30-28+. The van der Waals surface area contributed by atoms with Gasteiger partial charge in [-0.05, 0) is 79.4 Å². The molecule has 1 amide bonds. The Balaban J connectivity index is 1.51. The summed E-state index contributed by atoms with van der Waals surface area (Å²) < 4.78 is 18.3. The normalized spacial score (nSPS) is 19.3. The molecule has 2 aliphatic heterocycles. The molecule has 4 aromatic rings. The maximum atomic E-state index is 13.7. The van der Waals surface area contributed by atoms with Gasteiger partial charge < -0.3 is 19.3 Å². The van der Waals surface area contributed by atoms with E-state index >= 15 is 0 Å². The molecule has 9 heteroatoms. The summed E-state index contributed by atoms with van der Waals surface area (Å²) in [5, 5.41) is 12.0. The molecule has 0 radical (unpaired) electrons. The van der Waals surface area contributed by atoms with Crippen molar-refractivity contribution in [2.75, 3.05) is 18.6 Å². The van der Waals surface area contributed by atoms with E-state index < -0.39 is 17.7 Å². The van der Waals surface area contributed by atoms with E-state index in [1.807, 2.05) is 38.1 Å². The van der Waals surface area contributed by atoms with Crippen LogP contribution in [0.1, 0.15) is 55.0 Å². The van der Waals surface area contributed by atoms with Crippen LogP contribution in [0.3, 0.4) is 0 Å². The number of ketones is 1. The first kappa shape index (κ1) is 27.8. The molecule has 2 unspecified atom stereocenters. The number of carbonyl (C=O) groups excluding carboxylic acids is 2. The van der Waals surface area contributed by atoms with Crippen LogP contribution < -0.4 is 19.1 Å². The van der Waals surface area contributed by atoms with Gasteiger partial charge in [-0.3, -0.25) is 14.5 Å². The molecule has 2 aliphatic rings. The molecule has 2 atom stereocenters. The van der Waals surface area contributed by atoms with Crippen molar-refractivity contribution in [1.29, 1.82) is 0 Å². The fraction of sp³-hybridized carbons (Fsp3) is 0.303. The number of ether oxygens (including phenoxy) is 3. The summed E-state index contributed by atoms with van der Waals surface area (Å²) in [5.41, 5.74) is 3.75. The van der Waals surface area contributed by atoms with E-state index in [9.17, 15) is 14.7 Å². The van der Waals surface area contributed by atoms with Crippen LogP contribution >= 0.6 is 11.3 Å². The number of hydrogen-bond donors (Lipinski definition) is 1. The van der Waals surface area contributed by atoms with E-state index in [2.05, 4.69) is 6.92 Å². The number of fused-ring (bicyclic) bond motifs is 2. The second-order valence-electron chi connectivity index (χ2n) is 10.7. The molecular formula is C33H32N2O6S. The molecule has 42 heavy (non-hydrogen) atoms. The maximum Gasteiger partial charge on any atom is 0.301 e. The largest absolute Gasteiger partial charge is 0.507 e. The molecule has 0 saturated carbocycles. The highest BCUT2D eigenvalue weighted by Crippen LogP contribution is 2.46. The van der Waals surface area contributed by atoms with Crippen molar-refractivity contribution in [3.05, 3.63) is 82.4 Å². The summed E-state index contributed by atoms with van der Waals surface area (Å²) in [6.45, 7) is 6.60. The first-order chi connectivity index (χ1) is 20.3. The summed E-state index contributed by atoms with van der Waals surface area (Å²) in [4.78, 5) is 33.6. The van der Waals surface area contributed by atoms with Gasteiger partial charge in [0, 0.05) is 12.0 Å². The van der Waals surface area contributed by atoms with Gasteiger partial charge in [0.15, 0.2) is 16.6 Å². The Kier molecular flexibility index (Phi) is 7.36. The Hall–Kier alpha value is -4.37. The van der Waals surface area contributed by atoms with Crippen molar-refractivity contribution >= 4 is 44.1 Å². The zero-order chi connectivity index (χ0) is 29.5. The van der Waals surface area contributed by atoms with Crippen LogP contribution in [0.15, 0.2) is 60.2 Å². The van der Waals surface area contributed by atoms with Gasteiger partial charge in [0.25, 0.3) is 5.78 Å².